The second kappa shape index (κ2) is 5.01. The van der Waals surface area contributed by atoms with E-state index < -0.39 is 5.97 Å². The number of hydrogen-bond acceptors (Lipinski definition) is 1. The normalized spacial score (nSPS) is 10.5. The largest absolute Gasteiger partial charge is 0.478 e. The van der Waals surface area contributed by atoms with Crippen molar-refractivity contribution in [3.8, 4) is 0 Å². The third-order valence-electron chi connectivity index (χ3n) is 1.64. The zero-order valence-electron chi connectivity index (χ0n) is 6.90. The van der Waals surface area contributed by atoms with E-state index in [0.717, 1.165) is 12.0 Å². The maximum Gasteiger partial charge on any atom is 0.335 e. The van der Waals surface area contributed by atoms with Gasteiger partial charge in [0.1, 0.15) is 0 Å². The summed E-state index contributed by atoms with van der Waals surface area (Å²) in [6.07, 6.45) is 2.87. The van der Waals surface area contributed by atoms with E-state index in [9.17, 15) is 4.79 Å². The fraction of sp³-hybridized carbons (Fsp3) is 0.100. The van der Waals surface area contributed by atoms with Gasteiger partial charge in [-0.25, -0.2) is 4.79 Å². The van der Waals surface area contributed by atoms with Crippen LogP contribution in [-0.2, 0) is 6.42 Å². The molecule has 0 aromatic heterocycles. The van der Waals surface area contributed by atoms with Gasteiger partial charge in [0.25, 0.3) is 0 Å². The lowest BCUT2D eigenvalue weighted by Crippen LogP contribution is -1.95. The van der Waals surface area contributed by atoms with Gasteiger partial charge in [-0.2, -0.15) is 0 Å². The molecule has 1 aromatic carbocycles. The van der Waals surface area contributed by atoms with Gasteiger partial charge in [-0.15, -0.1) is 0 Å². The van der Waals surface area contributed by atoms with E-state index >= 15 is 0 Å². The Bertz CT molecular complexity index is 314. The van der Waals surface area contributed by atoms with Crippen molar-refractivity contribution in [3.05, 3.63) is 45.6 Å². The highest BCUT2D eigenvalue weighted by Gasteiger charge is 2.00. The summed E-state index contributed by atoms with van der Waals surface area (Å²) in [5.41, 5.74) is 1.46. The lowest BCUT2D eigenvalue weighted by Gasteiger charge is -1.97. The molecule has 13 heavy (non-hydrogen) atoms. The number of halogens is 1. The van der Waals surface area contributed by atoms with E-state index in [1.54, 1.807) is 12.1 Å². The Morgan fingerprint density at radius 3 is 2.46 bits per heavy atom. The molecule has 0 spiro atoms. The molecule has 3 heteroatoms. The smallest absolute Gasteiger partial charge is 0.335 e. The van der Waals surface area contributed by atoms with Gasteiger partial charge < -0.3 is 5.11 Å². The molecule has 0 unspecified atom stereocenters. The highest BCUT2D eigenvalue weighted by Crippen LogP contribution is 2.06. The first-order valence-corrected chi connectivity index (χ1v) is 5.06. The van der Waals surface area contributed by atoms with Crippen molar-refractivity contribution in [2.75, 3.05) is 0 Å². The third-order valence-corrected chi connectivity index (χ3v) is 2.15. The summed E-state index contributed by atoms with van der Waals surface area (Å²) in [5, 5.41) is 8.64. The van der Waals surface area contributed by atoms with E-state index in [0.29, 0.717) is 5.56 Å². The van der Waals surface area contributed by atoms with Gasteiger partial charge in [0, 0.05) is 0 Å². The van der Waals surface area contributed by atoms with Crippen LogP contribution >= 0.6 is 22.6 Å². The van der Waals surface area contributed by atoms with E-state index in [4.69, 9.17) is 5.11 Å². The van der Waals surface area contributed by atoms with E-state index in [1.165, 1.54) is 0 Å². The van der Waals surface area contributed by atoms with Crippen LogP contribution in [0.1, 0.15) is 15.9 Å². The minimum atomic E-state index is -0.879. The Morgan fingerprint density at radius 1 is 1.38 bits per heavy atom. The molecule has 0 heterocycles. The minimum absolute atomic E-state index is 0.335. The van der Waals surface area contributed by atoms with Gasteiger partial charge in [-0.3, -0.25) is 0 Å². The van der Waals surface area contributed by atoms with Crippen LogP contribution in [0, 0.1) is 0 Å². The van der Waals surface area contributed by atoms with Crippen LogP contribution in [0.25, 0.3) is 0 Å². The van der Waals surface area contributed by atoms with Gasteiger partial charge in [0.05, 0.1) is 5.56 Å². The minimum Gasteiger partial charge on any atom is -0.478 e. The lowest BCUT2D eigenvalue weighted by atomic mass is 10.1. The molecule has 0 radical (unpaired) electrons. The molecule has 0 amide bonds. The van der Waals surface area contributed by atoms with Crippen molar-refractivity contribution in [2.24, 2.45) is 0 Å². The number of carboxylic acid groups (broad SMARTS) is 1. The maximum atomic E-state index is 10.5. The summed E-state index contributed by atoms with van der Waals surface area (Å²) in [5.74, 6) is -0.879. The first kappa shape index (κ1) is 10.2. The molecule has 0 saturated carbocycles. The molecule has 0 saturated heterocycles. The second-order valence-electron chi connectivity index (χ2n) is 2.57. The molecule has 68 valence electrons. The zero-order valence-corrected chi connectivity index (χ0v) is 9.06. The summed E-state index contributed by atoms with van der Waals surface area (Å²) in [7, 11) is 0. The van der Waals surface area contributed by atoms with Crippen molar-refractivity contribution in [3.63, 3.8) is 0 Å². The molecule has 0 fully saturated rings. The summed E-state index contributed by atoms with van der Waals surface area (Å²) < 4.78 is 1.95. The predicted molar refractivity (Wildman–Crippen MR) is 60.3 cm³/mol. The average molecular weight is 288 g/mol. The Balaban J connectivity index is 2.75. The molecule has 0 aliphatic rings. The average Bonchev–Trinajstić information content (AvgIpc) is 2.15. The van der Waals surface area contributed by atoms with Gasteiger partial charge >= 0.3 is 5.97 Å². The van der Waals surface area contributed by atoms with Crippen LogP contribution in [0.5, 0.6) is 0 Å². The summed E-state index contributed by atoms with van der Waals surface area (Å²) in [6, 6.07) is 6.91. The van der Waals surface area contributed by atoms with Crippen molar-refractivity contribution in [1.29, 1.82) is 0 Å². The molecule has 1 aromatic rings. The summed E-state index contributed by atoms with van der Waals surface area (Å²) in [4.78, 5) is 10.5. The molecule has 1 rings (SSSR count). The number of benzene rings is 1. The number of rotatable bonds is 3. The first-order valence-electron chi connectivity index (χ1n) is 3.81. The SMILES string of the molecule is O=C(O)c1ccc(CC=CI)cc1. The van der Waals surface area contributed by atoms with Crippen molar-refractivity contribution >= 4 is 28.6 Å². The van der Waals surface area contributed by atoms with Crippen molar-refractivity contribution in [1.82, 2.24) is 0 Å². The fourth-order valence-electron chi connectivity index (χ4n) is 0.964. The highest BCUT2D eigenvalue weighted by atomic mass is 127. The van der Waals surface area contributed by atoms with Gasteiger partial charge in [-0.05, 0) is 28.2 Å². The van der Waals surface area contributed by atoms with Crippen LogP contribution in [0.15, 0.2) is 34.4 Å². The van der Waals surface area contributed by atoms with Crippen LogP contribution < -0.4 is 0 Å². The van der Waals surface area contributed by atoms with Crippen molar-refractivity contribution < 1.29 is 9.90 Å². The monoisotopic (exact) mass is 288 g/mol. The number of carbonyl (C=O) groups is 1. The molecular formula is C10H9IO2. The summed E-state index contributed by atoms with van der Waals surface area (Å²) >= 11 is 2.16. The van der Waals surface area contributed by atoms with Crippen LogP contribution in [0.4, 0.5) is 0 Å². The molecule has 0 aliphatic heterocycles. The van der Waals surface area contributed by atoms with Crippen LogP contribution in [0.2, 0.25) is 0 Å². The zero-order chi connectivity index (χ0) is 9.68. The van der Waals surface area contributed by atoms with Gasteiger partial charge in [0.15, 0.2) is 0 Å². The van der Waals surface area contributed by atoms with Crippen LogP contribution in [-0.4, -0.2) is 11.1 Å². The van der Waals surface area contributed by atoms with Gasteiger partial charge in [0.2, 0.25) is 0 Å². The number of aromatic carboxylic acids is 1. The quantitative estimate of drug-likeness (QED) is 0.868. The standard InChI is InChI=1S/C10H9IO2/c11-7-1-2-8-3-5-9(6-4-8)10(12)13/h1,3-7H,2H2,(H,12,13). The second-order valence-corrected chi connectivity index (χ2v) is 3.29. The highest BCUT2D eigenvalue weighted by molar-refractivity contribution is 14.1. The maximum absolute atomic E-state index is 10.5. The lowest BCUT2D eigenvalue weighted by molar-refractivity contribution is 0.0697. The molecule has 2 nitrogen and oxygen atoms in total. The third kappa shape index (κ3) is 3.18. The molecular weight excluding hydrogens is 279 g/mol. The molecule has 0 aliphatic carbocycles. The van der Waals surface area contributed by atoms with E-state index in [2.05, 4.69) is 22.6 Å². The molecule has 0 atom stereocenters. The molecule has 0 bridgehead atoms. The predicted octanol–water partition coefficient (Wildman–Crippen LogP) is 2.88. The topological polar surface area (TPSA) is 37.3 Å². The van der Waals surface area contributed by atoms with Crippen LogP contribution in [0.3, 0.4) is 0 Å². The Morgan fingerprint density at radius 2 is 2.00 bits per heavy atom. The van der Waals surface area contributed by atoms with Crippen molar-refractivity contribution in [2.45, 2.75) is 6.42 Å². The fourth-order valence-corrected chi connectivity index (χ4v) is 1.22. The first-order chi connectivity index (χ1) is 6.24. The number of allylic oxidation sites excluding steroid dienone is 1. The molecule has 1 N–H and O–H groups in total. The number of hydrogen-bond donors (Lipinski definition) is 1. The number of carboxylic acids is 1. The Kier molecular flexibility index (Phi) is 3.95. The Hall–Kier alpha value is -0.840. The Labute approximate surface area is 90.4 Å². The van der Waals surface area contributed by atoms with Gasteiger partial charge in [-0.1, -0.05) is 40.8 Å². The van der Waals surface area contributed by atoms with E-state index in [-0.39, 0.29) is 0 Å². The summed E-state index contributed by atoms with van der Waals surface area (Å²) in [6.45, 7) is 0. The van der Waals surface area contributed by atoms with E-state index in [1.807, 2.05) is 22.3 Å².